The van der Waals surface area contributed by atoms with Crippen molar-refractivity contribution in [2.24, 2.45) is 0 Å². The van der Waals surface area contributed by atoms with Crippen molar-refractivity contribution in [3.63, 3.8) is 0 Å². The third kappa shape index (κ3) is 5.85. The predicted octanol–water partition coefficient (Wildman–Crippen LogP) is 5.75. The fraction of sp³-hybridized carbons (Fsp3) is 0.435. The molecule has 0 amide bonds. The average molecular weight is 467 g/mol. The van der Waals surface area contributed by atoms with E-state index in [9.17, 15) is 4.79 Å². The molecule has 4 nitrogen and oxygen atoms in total. The van der Waals surface area contributed by atoms with E-state index in [1.807, 2.05) is 30.3 Å². The van der Waals surface area contributed by atoms with Gasteiger partial charge in [0.25, 0.3) is 0 Å². The van der Waals surface area contributed by atoms with Gasteiger partial charge in [-0.2, -0.15) is 0 Å². The molecule has 1 heterocycles. The van der Waals surface area contributed by atoms with Crippen molar-refractivity contribution >= 4 is 46.6 Å². The Labute approximate surface area is 193 Å². The van der Waals surface area contributed by atoms with E-state index < -0.39 is 0 Å². The highest BCUT2D eigenvalue weighted by atomic mass is 35.5. The topological polar surface area (TPSA) is 32.8 Å². The Hall–Kier alpha value is -1.40. The van der Waals surface area contributed by atoms with Crippen LogP contribution < -0.4 is 4.90 Å². The molecule has 30 heavy (non-hydrogen) atoms. The van der Waals surface area contributed by atoms with Crippen LogP contribution in [-0.4, -0.2) is 48.4 Å². The zero-order valence-electron chi connectivity index (χ0n) is 17.6. The molecule has 1 aliphatic rings. The number of anilines is 1. The Bertz CT molecular complexity index is 880. The molecule has 0 aromatic heterocycles. The fourth-order valence-corrected chi connectivity index (χ4v) is 5.05. The van der Waals surface area contributed by atoms with Gasteiger partial charge in [-0.15, -0.1) is 11.8 Å². The maximum atomic E-state index is 11.6. The van der Waals surface area contributed by atoms with Crippen LogP contribution in [-0.2, 0) is 16.1 Å². The number of benzene rings is 2. The van der Waals surface area contributed by atoms with Crippen molar-refractivity contribution in [2.75, 3.05) is 30.3 Å². The maximum Gasteiger partial charge on any atom is 0.316 e. The predicted molar refractivity (Wildman–Crippen MR) is 127 cm³/mol. The lowest BCUT2D eigenvalue weighted by Crippen LogP contribution is -2.57. The van der Waals surface area contributed by atoms with Gasteiger partial charge in [0, 0.05) is 47.3 Å². The Kier molecular flexibility index (Phi) is 8.35. The van der Waals surface area contributed by atoms with Crippen LogP contribution >= 0.6 is 35.0 Å². The fourth-order valence-electron chi connectivity index (χ4n) is 3.78. The van der Waals surface area contributed by atoms with Gasteiger partial charge in [-0.3, -0.25) is 9.69 Å². The SMILES string of the molecule is CCOC(=O)CSc1ccc(CN2CCN(c3cccc(Cl)c3)C(C)C2C)cc1Cl. The highest BCUT2D eigenvalue weighted by Gasteiger charge is 2.30. The molecule has 7 heteroatoms. The number of carbonyl (C=O) groups is 1. The van der Waals surface area contributed by atoms with Gasteiger partial charge in [-0.1, -0.05) is 35.3 Å². The van der Waals surface area contributed by atoms with E-state index in [0.717, 1.165) is 29.6 Å². The number of hydrogen-bond acceptors (Lipinski definition) is 5. The number of piperazine rings is 1. The van der Waals surface area contributed by atoms with Crippen LogP contribution in [0.15, 0.2) is 47.4 Å². The third-order valence-corrected chi connectivity index (χ3v) is 7.27. The quantitative estimate of drug-likeness (QED) is 0.383. The van der Waals surface area contributed by atoms with Crippen molar-refractivity contribution in [1.29, 1.82) is 0 Å². The highest BCUT2D eigenvalue weighted by molar-refractivity contribution is 8.00. The smallest absolute Gasteiger partial charge is 0.316 e. The molecule has 1 fully saturated rings. The van der Waals surface area contributed by atoms with Gasteiger partial charge in [0.1, 0.15) is 0 Å². The van der Waals surface area contributed by atoms with Gasteiger partial charge in [0.2, 0.25) is 0 Å². The van der Waals surface area contributed by atoms with Gasteiger partial charge in [0.15, 0.2) is 0 Å². The van der Waals surface area contributed by atoms with E-state index >= 15 is 0 Å². The summed E-state index contributed by atoms with van der Waals surface area (Å²) in [6, 6.07) is 14.9. The molecule has 0 saturated carbocycles. The van der Waals surface area contributed by atoms with E-state index in [0.29, 0.717) is 23.7 Å². The molecule has 2 atom stereocenters. The van der Waals surface area contributed by atoms with Crippen LogP contribution in [0.4, 0.5) is 5.69 Å². The van der Waals surface area contributed by atoms with Crippen molar-refractivity contribution in [2.45, 2.75) is 44.3 Å². The number of carbonyl (C=O) groups excluding carboxylic acids is 1. The summed E-state index contributed by atoms with van der Waals surface area (Å²) in [5.74, 6) is 0.0513. The van der Waals surface area contributed by atoms with E-state index in [-0.39, 0.29) is 11.7 Å². The Balaban J connectivity index is 1.61. The molecule has 0 bridgehead atoms. The largest absolute Gasteiger partial charge is 0.465 e. The van der Waals surface area contributed by atoms with Crippen molar-refractivity contribution < 1.29 is 9.53 Å². The summed E-state index contributed by atoms with van der Waals surface area (Å²) in [5, 5.41) is 1.45. The summed E-state index contributed by atoms with van der Waals surface area (Å²) in [5.41, 5.74) is 2.35. The van der Waals surface area contributed by atoms with E-state index in [4.69, 9.17) is 27.9 Å². The molecular weight excluding hydrogens is 439 g/mol. The second-order valence-corrected chi connectivity index (χ2v) is 9.34. The maximum absolute atomic E-state index is 11.6. The summed E-state index contributed by atoms with van der Waals surface area (Å²) in [6.07, 6.45) is 0. The molecule has 1 aliphatic heterocycles. The van der Waals surface area contributed by atoms with Crippen LogP contribution in [0.3, 0.4) is 0 Å². The molecule has 0 aliphatic carbocycles. The van der Waals surface area contributed by atoms with E-state index in [1.165, 1.54) is 23.0 Å². The first-order valence-electron chi connectivity index (χ1n) is 10.2. The van der Waals surface area contributed by atoms with Crippen LogP contribution in [0.2, 0.25) is 10.0 Å². The van der Waals surface area contributed by atoms with Gasteiger partial charge < -0.3 is 9.64 Å². The molecule has 2 aromatic carbocycles. The number of esters is 1. The lowest BCUT2D eigenvalue weighted by Gasteiger charge is -2.46. The van der Waals surface area contributed by atoms with Crippen molar-refractivity contribution in [1.82, 2.24) is 4.90 Å². The zero-order valence-corrected chi connectivity index (χ0v) is 19.9. The standard InChI is InChI=1S/C23H28Cl2N2O2S/c1-4-29-23(28)15-30-22-9-8-18(12-21(22)25)14-26-10-11-27(17(3)16(26)2)20-7-5-6-19(24)13-20/h5-9,12-13,16-17H,4,10-11,14-15H2,1-3H3. The molecular formula is C23H28Cl2N2O2S. The summed E-state index contributed by atoms with van der Waals surface area (Å²) in [6.45, 7) is 9.50. The van der Waals surface area contributed by atoms with Gasteiger partial charge >= 0.3 is 5.97 Å². The number of ether oxygens (including phenoxy) is 1. The van der Waals surface area contributed by atoms with E-state index in [2.05, 4.69) is 35.8 Å². The minimum Gasteiger partial charge on any atom is -0.465 e. The van der Waals surface area contributed by atoms with Gasteiger partial charge in [-0.25, -0.2) is 0 Å². The number of halogens is 2. The lowest BCUT2D eigenvalue weighted by molar-refractivity contribution is -0.139. The Morgan fingerprint density at radius 3 is 2.63 bits per heavy atom. The van der Waals surface area contributed by atoms with Crippen molar-refractivity contribution in [3.05, 3.63) is 58.1 Å². The molecule has 0 spiro atoms. The monoisotopic (exact) mass is 466 g/mol. The molecule has 2 unspecified atom stereocenters. The Morgan fingerprint density at radius 1 is 1.13 bits per heavy atom. The first-order valence-corrected chi connectivity index (χ1v) is 12.0. The Morgan fingerprint density at radius 2 is 1.93 bits per heavy atom. The second-order valence-electron chi connectivity index (χ2n) is 7.48. The molecule has 1 saturated heterocycles. The molecule has 0 radical (unpaired) electrons. The first-order chi connectivity index (χ1) is 14.4. The zero-order chi connectivity index (χ0) is 21.7. The number of thioether (sulfide) groups is 1. The van der Waals surface area contributed by atoms with Crippen LogP contribution in [0.1, 0.15) is 26.3 Å². The number of rotatable bonds is 7. The summed E-state index contributed by atoms with van der Waals surface area (Å²) in [4.78, 5) is 17.4. The van der Waals surface area contributed by atoms with Gasteiger partial charge in [0.05, 0.1) is 17.4 Å². The molecule has 0 N–H and O–H groups in total. The third-order valence-electron chi connectivity index (χ3n) is 5.57. The number of hydrogen-bond donors (Lipinski definition) is 0. The molecule has 2 aromatic rings. The van der Waals surface area contributed by atoms with Crippen LogP contribution in [0.5, 0.6) is 0 Å². The average Bonchev–Trinajstić information content (AvgIpc) is 2.71. The minimum atomic E-state index is -0.219. The molecule has 162 valence electrons. The van der Waals surface area contributed by atoms with Crippen LogP contribution in [0.25, 0.3) is 0 Å². The van der Waals surface area contributed by atoms with Crippen LogP contribution in [0, 0.1) is 0 Å². The van der Waals surface area contributed by atoms with Gasteiger partial charge in [-0.05, 0) is 56.7 Å². The normalized spacial score (nSPS) is 19.7. The second kappa shape index (κ2) is 10.8. The molecule has 3 rings (SSSR count). The first kappa shape index (κ1) is 23.3. The highest BCUT2D eigenvalue weighted by Crippen LogP contribution is 2.30. The lowest BCUT2D eigenvalue weighted by atomic mass is 10.0. The summed E-state index contributed by atoms with van der Waals surface area (Å²) < 4.78 is 4.98. The van der Waals surface area contributed by atoms with E-state index in [1.54, 1.807) is 6.92 Å². The minimum absolute atomic E-state index is 0.219. The number of nitrogens with zero attached hydrogens (tertiary/aromatic N) is 2. The summed E-state index contributed by atoms with van der Waals surface area (Å²) >= 11 is 14.1. The summed E-state index contributed by atoms with van der Waals surface area (Å²) in [7, 11) is 0. The van der Waals surface area contributed by atoms with Crippen molar-refractivity contribution in [3.8, 4) is 0 Å².